The number of rotatable bonds is 5. The predicted octanol–water partition coefficient (Wildman–Crippen LogP) is 2.29. The molecule has 2 aromatic rings. The van der Waals surface area contributed by atoms with E-state index < -0.39 is 0 Å². The van der Waals surface area contributed by atoms with Crippen LogP contribution in [0.4, 0.5) is 5.82 Å². The zero-order valence-electron chi connectivity index (χ0n) is 10.0. The minimum absolute atomic E-state index is 0.00492. The normalized spacial score (nSPS) is 14.7. The lowest BCUT2D eigenvalue weighted by molar-refractivity contribution is 0.699. The smallest absolute Gasteiger partial charge is 0.293 e. The van der Waals surface area contributed by atoms with Gasteiger partial charge in [-0.05, 0) is 41.7 Å². The van der Waals surface area contributed by atoms with Gasteiger partial charge in [0.25, 0.3) is 5.56 Å². The molecule has 4 nitrogen and oxygen atoms in total. The van der Waals surface area contributed by atoms with E-state index in [0.717, 1.165) is 25.8 Å². The Bertz CT molecular complexity index is 572. The van der Waals surface area contributed by atoms with Crippen molar-refractivity contribution in [1.82, 2.24) is 9.55 Å². The van der Waals surface area contributed by atoms with Gasteiger partial charge in [0.15, 0.2) is 5.82 Å². The molecule has 3 rings (SSSR count). The number of nitrogens with one attached hydrogen (secondary N) is 1. The van der Waals surface area contributed by atoms with Gasteiger partial charge < -0.3 is 9.88 Å². The summed E-state index contributed by atoms with van der Waals surface area (Å²) in [5.74, 6) is 0.472. The molecule has 0 spiro atoms. The molecule has 0 saturated heterocycles. The fourth-order valence-electron chi connectivity index (χ4n) is 1.95. The third-order valence-electron chi connectivity index (χ3n) is 3.09. The maximum absolute atomic E-state index is 12.1. The van der Waals surface area contributed by atoms with Crippen LogP contribution in [-0.4, -0.2) is 16.1 Å². The van der Waals surface area contributed by atoms with Crippen molar-refractivity contribution in [1.29, 1.82) is 0 Å². The lowest BCUT2D eigenvalue weighted by Crippen LogP contribution is -2.24. The molecule has 1 N–H and O–H groups in total. The van der Waals surface area contributed by atoms with Gasteiger partial charge in [-0.1, -0.05) is 0 Å². The Morgan fingerprint density at radius 1 is 1.50 bits per heavy atom. The summed E-state index contributed by atoms with van der Waals surface area (Å²) >= 11 is 1.69. The van der Waals surface area contributed by atoms with Gasteiger partial charge in [-0.3, -0.25) is 4.79 Å². The second-order valence-corrected chi connectivity index (χ2v) is 5.31. The van der Waals surface area contributed by atoms with Gasteiger partial charge in [-0.2, -0.15) is 11.3 Å². The van der Waals surface area contributed by atoms with Crippen molar-refractivity contribution in [2.75, 3.05) is 11.9 Å². The Labute approximate surface area is 109 Å². The molecule has 94 valence electrons. The van der Waals surface area contributed by atoms with Crippen molar-refractivity contribution in [2.24, 2.45) is 0 Å². The maximum Gasteiger partial charge on any atom is 0.293 e. The summed E-state index contributed by atoms with van der Waals surface area (Å²) in [6, 6.07) is 2.51. The first-order valence-electron chi connectivity index (χ1n) is 6.16. The van der Waals surface area contributed by atoms with Crippen LogP contribution in [0.3, 0.4) is 0 Å². The average molecular weight is 261 g/mol. The summed E-state index contributed by atoms with van der Waals surface area (Å²) in [7, 11) is 0. The van der Waals surface area contributed by atoms with E-state index in [9.17, 15) is 4.79 Å². The van der Waals surface area contributed by atoms with E-state index >= 15 is 0 Å². The molecule has 1 aliphatic carbocycles. The number of anilines is 1. The third kappa shape index (κ3) is 2.46. The Kier molecular flexibility index (Phi) is 3.15. The summed E-state index contributed by atoms with van der Waals surface area (Å²) in [6.07, 6.45) is 6.62. The van der Waals surface area contributed by atoms with Crippen molar-refractivity contribution in [3.05, 3.63) is 45.1 Å². The van der Waals surface area contributed by atoms with Gasteiger partial charge in [0.2, 0.25) is 0 Å². The lowest BCUT2D eigenvalue weighted by atomic mass is 10.2. The quantitative estimate of drug-likeness (QED) is 0.898. The second-order valence-electron chi connectivity index (χ2n) is 4.53. The highest BCUT2D eigenvalue weighted by atomic mass is 32.1. The van der Waals surface area contributed by atoms with Gasteiger partial charge in [-0.25, -0.2) is 4.98 Å². The minimum atomic E-state index is 0.00492. The largest absolute Gasteiger partial charge is 0.365 e. The number of thiophene rings is 1. The SMILES string of the molecule is O=c1c(NCCc2ccsc2)nccn1C1CC1. The first-order valence-corrected chi connectivity index (χ1v) is 7.11. The molecule has 0 atom stereocenters. The molecule has 0 bridgehead atoms. The van der Waals surface area contributed by atoms with Crippen molar-refractivity contribution < 1.29 is 0 Å². The van der Waals surface area contributed by atoms with Gasteiger partial charge >= 0.3 is 0 Å². The van der Waals surface area contributed by atoms with Gasteiger partial charge in [0.1, 0.15) is 0 Å². The zero-order valence-corrected chi connectivity index (χ0v) is 10.8. The van der Waals surface area contributed by atoms with E-state index in [0.29, 0.717) is 11.9 Å². The summed E-state index contributed by atoms with van der Waals surface area (Å²) in [5, 5.41) is 7.33. The minimum Gasteiger partial charge on any atom is -0.365 e. The van der Waals surface area contributed by atoms with Crippen LogP contribution in [0.1, 0.15) is 24.4 Å². The highest BCUT2D eigenvalue weighted by Crippen LogP contribution is 2.33. The van der Waals surface area contributed by atoms with E-state index in [1.807, 2.05) is 0 Å². The fourth-order valence-corrected chi connectivity index (χ4v) is 2.65. The fraction of sp³-hybridized carbons (Fsp3) is 0.385. The standard InChI is InChI=1S/C13H15N3OS/c17-13-12(14-5-3-10-4-8-18-9-10)15-6-7-16(13)11-1-2-11/h4,6-9,11H,1-3,5H2,(H,14,15). The van der Waals surface area contributed by atoms with Gasteiger partial charge in [-0.15, -0.1) is 0 Å². The summed E-state index contributed by atoms with van der Waals surface area (Å²) < 4.78 is 1.79. The second kappa shape index (κ2) is 4.94. The van der Waals surface area contributed by atoms with Crippen LogP contribution in [0.25, 0.3) is 0 Å². The summed E-state index contributed by atoms with van der Waals surface area (Å²) in [5.41, 5.74) is 1.30. The summed E-state index contributed by atoms with van der Waals surface area (Å²) in [4.78, 5) is 16.2. The van der Waals surface area contributed by atoms with Gasteiger partial charge in [0.05, 0.1) is 0 Å². The molecule has 2 aromatic heterocycles. The first-order chi connectivity index (χ1) is 8.84. The number of aromatic nitrogens is 2. The van der Waals surface area contributed by atoms with E-state index in [2.05, 4.69) is 27.1 Å². The van der Waals surface area contributed by atoms with Crippen molar-refractivity contribution >= 4 is 17.2 Å². The Morgan fingerprint density at radius 2 is 2.39 bits per heavy atom. The van der Waals surface area contributed by atoms with Crippen LogP contribution in [0.5, 0.6) is 0 Å². The van der Waals surface area contributed by atoms with E-state index in [-0.39, 0.29) is 5.56 Å². The Morgan fingerprint density at radius 3 is 3.11 bits per heavy atom. The Hall–Kier alpha value is -1.62. The lowest BCUT2D eigenvalue weighted by Gasteiger charge is -2.07. The number of hydrogen-bond acceptors (Lipinski definition) is 4. The molecule has 0 aliphatic heterocycles. The van der Waals surface area contributed by atoms with Crippen LogP contribution < -0.4 is 10.9 Å². The molecule has 0 radical (unpaired) electrons. The maximum atomic E-state index is 12.1. The molecule has 0 amide bonds. The molecule has 1 saturated carbocycles. The molecule has 0 aromatic carbocycles. The predicted molar refractivity (Wildman–Crippen MR) is 73.3 cm³/mol. The van der Waals surface area contributed by atoms with Crippen LogP contribution in [0, 0.1) is 0 Å². The van der Waals surface area contributed by atoms with Crippen LogP contribution in [0.2, 0.25) is 0 Å². The Balaban J connectivity index is 1.65. The first kappa shape index (κ1) is 11.5. The van der Waals surface area contributed by atoms with Crippen molar-refractivity contribution in [3.63, 3.8) is 0 Å². The number of nitrogens with zero attached hydrogens (tertiary/aromatic N) is 2. The molecule has 2 heterocycles. The van der Waals surface area contributed by atoms with Crippen LogP contribution in [-0.2, 0) is 6.42 Å². The molecular formula is C13H15N3OS. The van der Waals surface area contributed by atoms with E-state index in [1.165, 1.54) is 5.56 Å². The molecule has 0 unspecified atom stereocenters. The molecule has 1 aliphatic rings. The molecular weight excluding hydrogens is 246 g/mol. The van der Waals surface area contributed by atoms with Crippen LogP contribution >= 0.6 is 11.3 Å². The summed E-state index contributed by atoms with van der Waals surface area (Å²) in [6.45, 7) is 0.744. The highest BCUT2D eigenvalue weighted by Gasteiger charge is 2.25. The highest BCUT2D eigenvalue weighted by molar-refractivity contribution is 7.07. The molecule has 5 heteroatoms. The topological polar surface area (TPSA) is 46.9 Å². The third-order valence-corrected chi connectivity index (χ3v) is 3.83. The van der Waals surface area contributed by atoms with Crippen LogP contribution in [0.15, 0.2) is 34.0 Å². The average Bonchev–Trinajstić information content (AvgIpc) is 3.09. The van der Waals surface area contributed by atoms with E-state index in [1.54, 1.807) is 28.3 Å². The van der Waals surface area contributed by atoms with E-state index in [4.69, 9.17) is 0 Å². The monoisotopic (exact) mass is 261 g/mol. The number of hydrogen-bond donors (Lipinski definition) is 1. The van der Waals surface area contributed by atoms with Crippen molar-refractivity contribution in [2.45, 2.75) is 25.3 Å². The zero-order chi connectivity index (χ0) is 12.4. The molecule has 1 fully saturated rings. The van der Waals surface area contributed by atoms with Gasteiger partial charge in [0, 0.05) is 25.0 Å². The molecule has 18 heavy (non-hydrogen) atoms. The van der Waals surface area contributed by atoms with Crippen molar-refractivity contribution in [3.8, 4) is 0 Å².